The number of hydrogen-bond acceptors (Lipinski definition) is 7. The van der Waals surface area contributed by atoms with E-state index in [2.05, 4.69) is 4.99 Å². The molecule has 0 atom stereocenters. The molecule has 5 rings (SSSR count). The summed E-state index contributed by atoms with van der Waals surface area (Å²) < 4.78 is 17.1. The van der Waals surface area contributed by atoms with Gasteiger partial charge in [0.05, 0.1) is 17.7 Å². The zero-order chi connectivity index (χ0) is 23.7. The number of fused-ring (bicyclic) bond motifs is 1. The van der Waals surface area contributed by atoms with Crippen LogP contribution in [0.4, 0.5) is 0 Å². The molecule has 1 aliphatic heterocycles. The van der Waals surface area contributed by atoms with E-state index in [9.17, 15) is 9.59 Å². The fourth-order valence-electron chi connectivity index (χ4n) is 3.38. The number of hydrogen-bond donors (Lipinski definition) is 0. The van der Waals surface area contributed by atoms with Crippen molar-refractivity contribution in [3.63, 3.8) is 0 Å². The number of thiophene rings is 1. The third-order valence-corrected chi connectivity index (χ3v) is 6.75. The first-order chi connectivity index (χ1) is 16.5. The molecule has 4 aromatic rings. The summed E-state index contributed by atoms with van der Waals surface area (Å²) in [5, 5.41) is 1.36. The standard InChI is InChI=1S/C26H16ClNO5S/c1-31-17-12-10-15(11-13-17)25(29)32-20-8-4-2-6-16(20)14-19-26(30)33-24(28-19)23-22(27)18-7-3-5-9-21(18)34-23/h2-14H,1H3/b19-14+. The molecule has 0 aliphatic carbocycles. The van der Waals surface area contributed by atoms with E-state index >= 15 is 0 Å². The van der Waals surface area contributed by atoms with Crippen LogP contribution in [0, 0.1) is 0 Å². The molecule has 0 saturated heterocycles. The number of carbonyl (C=O) groups is 2. The van der Waals surface area contributed by atoms with Crippen LogP contribution in [0.1, 0.15) is 20.8 Å². The molecule has 6 nitrogen and oxygen atoms in total. The fourth-order valence-corrected chi connectivity index (χ4v) is 4.82. The number of carbonyl (C=O) groups excluding carboxylic acids is 2. The van der Waals surface area contributed by atoms with Gasteiger partial charge in [-0.05, 0) is 42.5 Å². The molecule has 8 heteroatoms. The normalized spacial score (nSPS) is 14.2. The van der Waals surface area contributed by atoms with Crippen LogP contribution in [-0.4, -0.2) is 24.9 Å². The average Bonchev–Trinajstić information content (AvgIpc) is 3.39. The van der Waals surface area contributed by atoms with Crippen LogP contribution in [0.2, 0.25) is 5.02 Å². The van der Waals surface area contributed by atoms with Crippen LogP contribution in [-0.2, 0) is 9.53 Å². The summed E-state index contributed by atoms with van der Waals surface area (Å²) in [6.45, 7) is 0. The van der Waals surface area contributed by atoms with Crippen molar-refractivity contribution in [1.82, 2.24) is 0 Å². The molecule has 0 saturated carbocycles. The van der Waals surface area contributed by atoms with Crippen molar-refractivity contribution in [2.75, 3.05) is 7.11 Å². The molecule has 1 aromatic heterocycles. The lowest BCUT2D eigenvalue weighted by atomic mass is 10.1. The van der Waals surface area contributed by atoms with Crippen molar-refractivity contribution in [3.05, 3.63) is 99.5 Å². The van der Waals surface area contributed by atoms with Crippen molar-refractivity contribution in [2.45, 2.75) is 0 Å². The molecular weight excluding hydrogens is 474 g/mol. The maximum atomic E-state index is 12.6. The highest BCUT2D eigenvalue weighted by atomic mass is 35.5. The van der Waals surface area contributed by atoms with Crippen molar-refractivity contribution < 1.29 is 23.8 Å². The van der Waals surface area contributed by atoms with Crippen molar-refractivity contribution in [1.29, 1.82) is 0 Å². The Kier molecular flexibility index (Phi) is 5.88. The molecule has 0 unspecified atom stereocenters. The SMILES string of the molecule is COc1ccc(C(=O)Oc2ccccc2/C=C2/N=C(c3sc4ccccc4c3Cl)OC2=O)cc1. The molecule has 2 heterocycles. The minimum atomic E-state index is -0.611. The molecular formula is C26H16ClNO5S. The first kappa shape index (κ1) is 21.9. The van der Waals surface area contributed by atoms with E-state index in [1.54, 1.807) is 55.6 Å². The molecule has 0 fully saturated rings. The maximum absolute atomic E-state index is 12.6. The highest BCUT2D eigenvalue weighted by Crippen LogP contribution is 2.37. The van der Waals surface area contributed by atoms with Gasteiger partial charge < -0.3 is 14.2 Å². The van der Waals surface area contributed by atoms with Crippen molar-refractivity contribution in [2.24, 2.45) is 4.99 Å². The quantitative estimate of drug-likeness (QED) is 0.191. The van der Waals surface area contributed by atoms with E-state index in [4.69, 9.17) is 25.8 Å². The van der Waals surface area contributed by atoms with Gasteiger partial charge in [0.15, 0.2) is 5.70 Å². The highest BCUT2D eigenvalue weighted by molar-refractivity contribution is 7.21. The average molecular weight is 490 g/mol. The topological polar surface area (TPSA) is 74.2 Å². The Balaban J connectivity index is 1.44. The van der Waals surface area contributed by atoms with Gasteiger partial charge in [-0.3, -0.25) is 0 Å². The number of halogens is 1. The molecule has 3 aromatic carbocycles. The summed E-state index contributed by atoms with van der Waals surface area (Å²) >= 11 is 7.90. The molecule has 0 spiro atoms. The Bertz CT molecular complexity index is 1490. The van der Waals surface area contributed by atoms with Crippen LogP contribution in [0.3, 0.4) is 0 Å². The summed E-state index contributed by atoms with van der Waals surface area (Å²) in [7, 11) is 1.55. The number of rotatable bonds is 5. The first-order valence-electron chi connectivity index (χ1n) is 10.2. The highest BCUT2D eigenvalue weighted by Gasteiger charge is 2.28. The van der Waals surface area contributed by atoms with Gasteiger partial charge in [0.1, 0.15) is 16.4 Å². The second kappa shape index (κ2) is 9.13. The lowest BCUT2D eigenvalue weighted by molar-refractivity contribution is -0.129. The van der Waals surface area contributed by atoms with Gasteiger partial charge >= 0.3 is 11.9 Å². The van der Waals surface area contributed by atoms with Crippen molar-refractivity contribution >= 4 is 56.9 Å². The second-order valence-corrected chi connectivity index (χ2v) is 8.66. The van der Waals surface area contributed by atoms with Gasteiger partial charge in [0.2, 0.25) is 5.90 Å². The van der Waals surface area contributed by atoms with E-state index < -0.39 is 11.9 Å². The number of ether oxygens (including phenoxy) is 3. The van der Waals surface area contributed by atoms with Gasteiger partial charge in [-0.25, -0.2) is 14.6 Å². The third kappa shape index (κ3) is 4.19. The Hall–Kier alpha value is -3.94. The van der Waals surface area contributed by atoms with Crippen LogP contribution in [0.15, 0.2) is 83.5 Å². The molecule has 0 bridgehead atoms. The monoisotopic (exact) mass is 489 g/mol. The molecule has 168 valence electrons. The molecule has 0 amide bonds. The lowest BCUT2D eigenvalue weighted by Crippen LogP contribution is -2.09. The van der Waals surface area contributed by atoms with Crippen LogP contribution in [0.5, 0.6) is 11.5 Å². The van der Waals surface area contributed by atoms with Crippen LogP contribution < -0.4 is 9.47 Å². The number of cyclic esters (lactones) is 1. The van der Waals surface area contributed by atoms with Gasteiger partial charge in [-0.2, -0.15) is 0 Å². The Morgan fingerprint density at radius 2 is 1.76 bits per heavy atom. The van der Waals surface area contributed by atoms with E-state index in [1.165, 1.54) is 17.4 Å². The third-order valence-electron chi connectivity index (χ3n) is 5.09. The predicted molar refractivity (Wildman–Crippen MR) is 132 cm³/mol. The summed E-state index contributed by atoms with van der Waals surface area (Å²) in [5.74, 6) is -0.0836. The summed E-state index contributed by atoms with van der Waals surface area (Å²) in [6, 6.07) is 21.1. The first-order valence-corrected chi connectivity index (χ1v) is 11.4. The molecule has 1 aliphatic rings. The minimum absolute atomic E-state index is 0.0801. The van der Waals surface area contributed by atoms with Crippen LogP contribution in [0.25, 0.3) is 16.2 Å². The van der Waals surface area contributed by atoms with E-state index in [0.717, 1.165) is 10.1 Å². The summed E-state index contributed by atoms with van der Waals surface area (Å²) in [5.41, 5.74) is 0.948. The van der Waals surface area contributed by atoms with Gasteiger partial charge in [0, 0.05) is 15.6 Å². The second-order valence-electron chi connectivity index (χ2n) is 7.23. The Morgan fingerprint density at radius 3 is 2.53 bits per heavy atom. The lowest BCUT2D eigenvalue weighted by Gasteiger charge is -2.08. The number of para-hydroxylation sites is 1. The van der Waals surface area contributed by atoms with Gasteiger partial charge in [-0.1, -0.05) is 48.0 Å². The predicted octanol–water partition coefficient (Wildman–Crippen LogP) is 6.13. The number of benzene rings is 3. The Labute approximate surface area is 203 Å². The number of nitrogens with zero attached hydrogens (tertiary/aromatic N) is 1. The van der Waals surface area contributed by atoms with Crippen molar-refractivity contribution in [3.8, 4) is 11.5 Å². The molecule has 34 heavy (non-hydrogen) atoms. The van der Waals surface area contributed by atoms with Gasteiger partial charge in [0.25, 0.3) is 0 Å². The van der Waals surface area contributed by atoms with Crippen LogP contribution >= 0.6 is 22.9 Å². The Morgan fingerprint density at radius 1 is 1.03 bits per heavy atom. The number of methoxy groups -OCH3 is 1. The zero-order valence-corrected chi connectivity index (χ0v) is 19.4. The zero-order valence-electron chi connectivity index (χ0n) is 17.8. The largest absolute Gasteiger partial charge is 0.497 e. The molecule has 0 N–H and O–H groups in total. The number of esters is 2. The van der Waals surface area contributed by atoms with Gasteiger partial charge in [-0.15, -0.1) is 11.3 Å². The number of aliphatic imine (C=N–C) groups is 1. The minimum Gasteiger partial charge on any atom is -0.497 e. The summed E-state index contributed by atoms with van der Waals surface area (Å²) in [4.78, 5) is 30.1. The molecule has 0 radical (unpaired) electrons. The summed E-state index contributed by atoms with van der Waals surface area (Å²) in [6.07, 6.45) is 1.52. The van der Waals surface area contributed by atoms with E-state index in [0.29, 0.717) is 26.8 Å². The fraction of sp³-hybridized carbons (Fsp3) is 0.0385. The maximum Gasteiger partial charge on any atom is 0.363 e. The smallest absolute Gasteiger partial charge is 0.363 e. The van der Waals surface area contributed by atoms with E-state index in [1.807, 2.05) is 24.3 Å². The van der Waals surface area contributed by atoms with E-state index in [-0.39, 0.29) is 17.3 Å².